The normalized spacial score (nSPS) is 14.1. The predicted octanol–water partition coefficient (Wildman–Crippen LogP) is 1.52. The smallest absolute Gasteiger partial charge is 0.220 e. The molecule has 20 heavy (non-hydrogen) atoms. The first-order valence-electron chi connectivity index (χ1n) is 6.49. The summed E-state index contributed by atoms with van der Waals surface area (Å²) in [7, 11) is 1.43. The monoisotopic (exact) mass is 302 g/mol. The van der Waals surface area contributed by atoms with E-state index in [2.05, 4.69) is 10.6 Å². The van der Waals surface area contributed by atoms with Gasteiger partial charge in [0.25, 0.3) is 0 Å². The third kappa shape index (κ3) is 4.65. The quantitative estimate of drug-likeness (QED) is 0.838. The molecule has 0 radical (unpaired) electrons. The van der Waals surface area contributed by atoms with Crippen molar-refractivity contribution in [2.75, 3.05) is 26.7 Å². The number of nitrogens with one attached hydrogen (secondary N) is 2. The average molecular weight is 303 g/mol. The first-order valence-corrected chi connectivity index (χ1v) is 6.49. The Bertz CT molecular complexity index is 453. The second-order valence-corrected chi connectivity index (χ2v) is 4.80. The van der Waals surface area contributed by atoms with E-state index in [0.717, 1.165) is 25.2 Å². The molecular weight excluding hydrogens is 283 g/mol. The van der Waals surface area contributed by atoms with E-state index in [0.29, 0.717) is 18.8 Å². The first kappa shape index (κ1) is 16.7. The zero-order valence-electron chi connectivity index (χ0n) is 11.4. The van der Waals surface area contributed by atoms with Crippen LogP contribution in [-0.4, -0.2) is 32.7 Å². The van der Waals surface area contributed by atoms with Crippen LogP contribution in [0.1, 0.15) is 12.0 Å². The van der Waals surface area contributed by atoms with Gasteiger partial charge in [-0.1, -0.05) is 6.07 Å². The summed E-state index contributed by atoms with van der Waals surface area (Å²) >= 11 is 0. The molecule has 6 heteroatoms. The number of hydrogen-bond acceptors (Lipinski definition) is 3. The summed E-state index contributed by atoms with van der Waals surface area (Å²) in [5.74, 6) is 0.414. The average Bonchev–Trinajstić information content (AvgIpc) is 2.34. The molecule has 1 aromatic carbocycles. The SMILES string of the molecule is COc1ccc(CCC(=O)NCC2CNC2)cc1F.Cl. The van der Waals surface area contributed by atoms with E-state index >= 15 is 0 Å². The number of rotatable bonds is 6. The van der Waals surface area contributed by atoms with E-state index in [1.54, 1.807) is 12.1 Å². The van der Waals surface area contributed by atoms with Gasteiger partial charge in [0.05, 0.1) is 7.11 Å². The van der Waals surface area contributed by atoms with E-state index in [1.165, 1.54) is 13.2 Å². The lowest BCUT2D eigenvalue weighted by Crippen LogP contribution is -2.48. The number of methoxy groups -OCH3 is 1. The maximum atomic E-state index is 13.4. The van der Waals surface area contributed by atoms with Crippen LogP contribution in [0.5, 0.6) is 5.75 Å². The van der Waals surface area contributed by atoms with Crippen molar-refractivity contribution in [3.63, 3.8) is 0 Å². The van der Waals surface area contributed by atoms with Crippen molar-refractivity contribution in [3.8, 4) is 5.75 Å². The Morgan fingerprint density at radius 1 is 1.50 bits per heavy atom. The maximum absolute atomic E-state index is 13.4. The van der Waals surface area contributed by atoms with Gasteiger partial charge in [0.2, 0.25) is 5.91 Å². The molecule has 0 aromatic heterocycles. The van der Waals surface area contributed by atoms with E-state index in [9.17, 15) is 9.18 Å². The van der Waals surface area contributed by atoms with Crippen molar-refractivity contribution in [3.05, 3.63) is 29.6 Å². The number of ether oxygens (including phenoxy) is 1. The Morgan fingerprint density at radius 2 is 2.25 bits per heavy atom. The number of benzene rings is 1. The van der Waals surface area contributed by atoms with Gasteiger partial charge in [0.1, 0.15) is 0 Å². The highest BCUT2D eigenvalue weighted by molar-refractivity contribution is 5.85. The first-order chi connectivity index (χ1) is 9.19. The lowest BCUT2D eigenvalue weighted by molar-refractivity contribution is -0.121. The van der Waals surface area contributed by atoms with E-state index in [4.69, 9.17) is 4.74 Å². The second-order valence-electron chi connectivity index (χ2n) is 4.80. The largest absolute Gasteiger partial charge is 0.494 e. The summed E-state index contributed by atoms with van der Waals surface area (Å²) in [6.07, 6.45) is 0.918. The molecule has 0 bridgehead atoms. The van der Waals surface area contributed by atoms with Crippen LogP contribution < -0.4 is 15.4 Å². The van der Waals surface area contributed by atoms with Gasteiger partial charge in [-0.25, -0.2) is 4.39 Å². The van der Waals surface area contributed by atoms with Gasteiger partial charge in [-0.05, 0) is 24.1 Å². The molecule has 0 atom stereocenters. The Kier molecular flexibility index (Phi) is 6.75. The minimum atomic E-state index is -0.388. The Balaban J connectivity index is 0.00000200. The molecule has 112 valence electrons. The van der Waals surface area contributed by atoms with Gasteiger partial charge >= 0.3 is 0 Å². The van der Waals surface area contributed by atoms with E-state index < -0.39 is 0 Å². The summed E-state index contributed by atoms with van der Waals surface area (Å²) in [4.78, 5) is 11.6. The Labute approximate surface area is 124 Å². The highest BCUT2D eigenvalue weighted by Gasteiger charge is 2.16. The van der Waals surface area contributed by atoms with Crippen LogP contribution in [-0.2, 0) is 11.2 Å². The maximum Gasteiger partial charge on any atom is 0.220 e. The highest BCUT2D eigenvalue weighted by Crippen LogP contribution is 2.18. The molecular formula is C14H20ClFN2O2. The van der Waals surface area contributed by atoms with Crippen LogP contribution in [0, 0.1) is 11.7 Å². The molecule has 1 amide bonds. The summed E-state index contributed by atoms with van der Waals surface area (Å²) in [6.45, 7) is 2.68. The number of carbonyl (C=O) groups excluding carboxylic acids is 1. The minimum absolute atomic E-state index is 0. The summed E-state index contributed by atoms with van der Waals surface area (Å²) in [5.41, 5.74) is 0.804. The third-order valence-corrected chi connectivity index (χ3v) is 3.31. The van der Waals surface area contributed by atoms with Crippen molar-refractivity contribution < 1.29 is 13.9 Å². The molecule has 1 heterocycles. The summed E-state index contributed by atoms with van der Waals surface area (Å²) in [5, 5.41) is 6.05. The molecule has 1 aliphatic heterocycles. The standard InChI is InChI=1S/C14H19FN2O2.ClH/c1-19-13-4-2-10(6-12(13)15)3-5-14(18)17-9-11-7-16-8-11;/h2,4,6,11,16H,3,5,7-9H2,1H3,(H,17,18);1H. The van der Waals surface area contributed by atoms with Crippen LogP contribution in [0.3, 0.4) is 0 Å². The van der Waals surface area contributed by atoms with Crippen molar-refractivity contribution in [1.29, 1.82) is 0 Å². The molecule has 1 saturated heterocycles. The van der Waals surface area contributed by atoms with Crippen molar-refractivity contribution >= 4 is 18.3 Å². The van der Waals surface area contributed by atoms with Crippen LogP contribution in [0.25, 0.3) is 0 Å². The molecule has 0 saturated carbocycles. The fourth-order valence-corrected chi connectivity index (χ4v) is 1.96. The summed E-state index contributed by atoms with van der Waals surface area (Å²) < 4.78 is 18.3. The predicted molar refractivity (Wildman–Crippen MR) is 77.9 cm³/mol. The molecule has 1 aliphatic rings. The molecule has 0 unspecified atom stereocenters. The van der Waals surface area contributed by atoms with Crippen molar-refractivity contribution in [1.82, 2.24) is 10.6 Å². The lowest BCUT2D eigenvalue weighted by atomic mass is 10.0. The molecule has 0 spiro atoms. The fraction of sp³-hybridized carbons (Fsp3) is 0.500. The number of halogens is 2. The Hall–Kier alpha value is -1.33. The molecule has 2 N–H and O–H groups in total. The van der Waals surface area contributed by atoms with E-state index in [-0.39, 0.29) is 29.9 Å². The number of amides is 1. The number of hydrogen-bond donors (Lipinski definition) is 2. The van der Waals surface area contributed by atoms with Gasteiger partial charge in [0.15, 0.2) is 11.6 Å². The lowest BCUT2D eigenvalue weighted by Gasteiger charge is -2.27. The van der Waals surface area contributed by atoms with Crippen molar-refractivity contribution in [2.24, 2.45) is 5.92 Å². The van der Waals surface area contributed by atoms with Crippen LogP contribution in [0.2, 0.25) is 0 Å². The Morgan fingerprint density at radius 3 is 2.80 bits per heavy atom. The van der Waals surface area contributed by atoms with Gasteiger partial charge in [-0.2, -0.15) is 0 Å². The third-order valence-electron chi connectivity index (χ3n) is 3.31. The molecule has 4 nitrogen and oxygen atoms in total. The van der Waals surface area contributed by atoms with Crippen LogP contribution in [0.15, 0.2) is 18.2 Å². The van der Waals surface area contributed by atoms with Crippen LogP contribution in [0.4, 0.5) is 4.39 Å². The molecule has 0 aliphatic carbocycles. The van der Waals surface area contributed by atoms with E-state index in [1.807, 2.05) is 0 Å². The molecule has 1 fully saturated rings. The van der Waals surface area contributed by atoms with Crippen LogP contribution >= 0.6 is 12.4 Å². The number of carbonyl (C=O) groups is 1. The molecule has 2 rings (SSSR count). The molecule has 1 aromatic rings. The topological polar surface area (TPSA) is 50.4 Å². The highest BCUT2D eigenvalue weighted by atomic mass is 35.5. The van der Waals surface area contributed by atoms with Crippen molar-refractivity contribution in [2.45, 2.75) is 12.8 Å². The fourth-order valence-electron chi connectivity index (χ4n) is 1.96. The van der Waals surface area contributed by atoms with Gasteiger partial charge in [-0.3, -0.25) is 4.79 Å². The minimum Gasteiger partial charge on any atom is -0.494 e. The second kappa shape index (κ2) is 8.07. The van der Waals surface area contributed by atoms with Gasteiger partial charge in [-0.15, -0.1) is 12.4 Å². The van der Waals surface area contributed by atoms with Gasteiger partial charge in [0, 0.05) is 32.0 Å². The number of aryl methyl sites for hydroxylation is 1. The zero-order chi connectivity index (χ0) is 13.7. The summed E-state index contributed by atoms with van der Waals surface area (Å²) in [6, 6.07) is 4.79. The van der Waals surface area contributed by atoms with Gasteiger partial charge < -0.3 is 15.4 Å². The zero-order valence-corrected chi connectivity index (χ0v) is 12.3.